The first-order valence-electron chi connectivity index (χ1n) is 6.64. The Morgan fingerprint density at radius 2 is 1.81 bits per heavy atom. The van der Waals surface area contributed by atoms with Crippen LogP contribution in [-0.2, 0) is 14.8 Å². The molecule has 1 aromatic carbocycles. The molecule has 6 nitrogen and oxygen atoms in total. The molecule has 2 heterocycles. The second-order valence-electron chi connectivity index (χ2n) is 5.28. The Bertz CT molecular complexity index is 651. The zero-order valence-corrected chi connectivity index (χ0v) is 12.0. The van der Waals surface area contributed by atoms with Crippen LogP contribution < -0.4 is 5.32 Å². The second kappa shape index (κ2) is 4.96. The van der Waals surface area contributed by atoms with E-state index >= 15 is 0 Å². The molecule has 1 aromatic rings. The van der Waals surface area contributed by atoms with Crippen molar-refractivity contribution in [3.05, 3.63) is 30.1 Å². The van der Waals surface area contributed by atoms with Gasteiger partial charge in [0.1, 0.15) is 11.4 Å². The van der Waals surface area contributed by atoms with Crippen molar-refractivity contribution in [3.8, 4) is 0 Å². The van der Waals surface area contributed by atoms with Gasteiger partial charge in [-0.15, -0.1) is 0 Å². The molecule has 0 bridgehead atoms. The molecule has 1 N–H and O–H groups in total. The van der Waals surface area contributed by atoms with Crippen LogP contribution in [0.3, 0.4) is 0 Å². The fraction of sp³-hybridized carbons (Fsp3) is 0.462. The number of hydrogen-bond donors (Lipinski definition) is 1. The van der Waals surface area contributed by atoms with Crippen molar-refractivity contribution in [2.24, 2.45) is 0 Å². The van der Waals surface area contributed by atoms with Crippen molar-refractivity contribution in [2.75, 3.05) is 19.6 Å². The molecule has 2 saturated heterocycles. The number of sulfonamides is 1. The quantitative estimate of drug-likeness (QED) is 0.886. The van der Waals surface area contributed by atoms with Crippen LogP contribution in [0.1, 0.15) is 12.8 Å². The van der Waals surface area contributed by atoms with Crippen molar-refractivity contribution in [1.82, 2.24) is 9.62 Å². The van der Waals surface area contributed by atoms with Gasteiger partial charge in [0.05, 0.1) is 11.4 Å². The number of piperidine rings is 1. The van der Waals surface area contributed by atoms with Crippen molar-refractivity contribution in [1.29, 1.82) is 0 Å². The number of rotatable bonds is 2. The number of benzene rings is 1. The monoisotopic (exact) mass is 314 g/mol. The van der Waals surface area contributed by atoms with Gasteiger partial charge in [-0.25, -0.2) is 17.6 Å². The Hall–Kier alpha value is -1.67. The summed E-state index contributed by atoms with van der Waals surface area (Å²) in [5.41, 5.74) is -0.591. The highest BCUT2D eigenvalue weighted by molar-refractivity contribution is 7.89. The van der Waals surface area contributed by atoms with Gasteiger partial charge in [0.25, 0.3) is 0 Å². The molecule has 21 heavy (non-hydrogen) atoms. The molecule has 0 unspecified atom stereocenters. The summed E-state index contributed by atoms with van der Waals surface area (Å²) >= 11 is 0. The number of nitrogens with zero attached hydrogens (tertiary/aromatic N) is 1. The smallest absolute Gasteiger partial charge is 0.407 e. The first-order valence-corrected chi connectivity index (χ1v) is 8.08. The highest BCUT2D eigenvalue weighted by atomic mass is 32.2. The number of hydrogen-bond acceptors (Lipinski definition) is 4. The van der Waals surface area contributed by atoms with Crippen LogP contribution in [0.4, 0.5) is 9.18 Å². The predicted octanol–water partition coefficient (Wildman–Crippen LogP) is 1.09. The summed E-state index contributed by atoms with van der Waals surface area (Å²) in [6, 6.07) is 4.76. The molecule has 0 atom stereocenters. The van der Waals surface area contributed by atoms with Crippen LogP contribution in [0.5, 0.6) is 0 Å². The number of nitrogens with one attached hydrogen (secondary N) is 1. The average molecular weight is 314 g/mol. The number of ether oxygens (including phenoxy) is 1. The van der Waals surface area contributed by atoms with Gasteiger partial charge < -0.3 is 10.1 Å². The lowest BCUT2D eigenvalue weighted by atomic mass is 9.93. The summed E-state index contributed by atoms with van der Waals surface area (Å²) < 4.78 is 44.4. The number of alkyl carbamates (subject to hydrolysis) is 1. The first-order chi connectivity index (χ1) is 9.91. The van der Waals surface area contributed by atoms with E-state index in [2.05, 4.69) is 5.32 Å². The van der Waals surface area contributed by atoms with Gasteiger partial charge in [-0.2, -0.15) is 4.31 Å². The summed E-state index contributed by atoms with van der Waals surface area (Å²) in [6.07, 6.45) is 0.447. The van der Waals surface area contributed by atoms with Crippen molar-refractivity contribution in [2.45, 2.75) is 23.3 Å². The second-order valence-corrected chi connectivity index (χ2v) is 7.22. The summed E-state index contributed by atoms with van der Waals surface area (Å²) in [5.74, 6) is -0.476. The van der Waals surface area contributed by atoms with E-state index in [0.717, 1.165) is 12.1 Å². The number of halogens is 1. The van der Waals surface area contributed by atoms with Gasteiger partial charge in [0, 0.05) is 25.9 Å². The molecule has 8 heteroatoms. The molecule has 2 aliphatic heterocycles. The zero-order valence-electron chi connectivity index (χ0n) is 11.2. The number of carbonyl (C=O) groups is 1. The molecule has 1 spiro atoms. The normalized spacial score (nSPS) is 22.0. The predicted molar refractivity (Wildman–Crippen MR) is 71.6 cm³/mol. The van der Waals surface area contributed by atoms with E-state index < -0.39 is 27.5 Å². The van der Waals surface area contributed by atoms with Crippen LogP contribution in [0.15, 0.2) is 29.2 Å². The van der Waals surface area contributed by atoms with E-state index in [4.69, 9.17) is 4.74 Å². The molecule has 0 aliphatic carbocycles. The third-order valence-corrected chi connectivity index (χ3v) is 5.86. The molecular formula is C13H15FN2O4S. The summed E-state index contributed by atoms with van der Waals surface area (Å²) in [7, 11) is -3.63. The number of carbonyl (C=O) groups excluding carboxylic acids is 1. The Kier molecular flexibility index (Phi) is 3.37. The van der Waals surface area contributed by atoms with Gasteiger partial charge in [-0.1, -0.05) is 0 Å². The molecule has 3 rings (SSSR count). The van der Waals surface area contributed by atoms with E-state index in [1.807, 2.05) is 0 Å². The Morgan fingerprint density at radius 1 is 1.19 bits per heavy atom. The minimum absolute atomic E-state index is 0.0707. The van der Waals surface area contributed by atoms with Gasteiger partial charge in [0.15, 0.2) is 0 Å². The summed E-state index contributed by atoms with van der Waals surface area (Å²) in [4.78, 5) is 11.2. The Balaban J connectivity index is 1.74. The number of amides is 1. The lowest BCUT2D eigenvalue weighted by Gasteiger charge is -2.36. The topological polar surface area (TPSA) is 75.7 Å². The van der Waals surface area contributed by atoms with Gasteiger partial charge in [-0.05, 0) is 24.3 Å². The molecule has 0 radical (unpaired) electrons. The van der Waals surface area contributed by atoms with E-state index in [1.54, 1.807) is 0 Å². The summed E-state index contributed by atoms with van der Waals surface area (Å²) in [5, 5.41) is 2.60. The van der Waals surface area contributed by atoms with Gasteiger partial charge >= 0.3 is 6.09 Å². The molecule has 0 aromatic heterocycles. The van der Waals surface area contributed by atoms with Gasteiger partial charge in [-0.3, -0.25) is 0 Å². The van der Waals surface area contributed by atoms with Gasteiger partial charge in [0.2, 0.25) is 10.0 Å². The SMILES string of the molecule is O=C1NCC2(CCN(S(=O)(=O)c3ccc(F)cc3)CC2)O1. The fourth-order valence-electron chi connectivity index (χ4n) is 2.67. The van der Waals surface area contributed by atoms with E-state index in [0.29, 0.717) is 19.4 Å². The van der Waals surface area contributed by atoms with Crippen molar-refractivity contribution in [3.63, 3.8) is 0 Å². The highest BCUT2D eigenvalue weighted by Gasteiger charge is 2.45. The van der Waals surface area contributed by atoms with Crippen molar-refractivity contribution >= 4 is 16.1 Å². The molecule has 2 fully saturated rings. The third-order valence-electron chi connectivity index (χ3n) is 3.95. The minimum atomic E-state index is -3.63. The lowest BCUT2D eigenvalue weighted by molar-refractivity contribution is 0.0173. The maximum Gasteiger partial charge on any atom is 0.407 e. The highest BCUT2D eigenvalue weighted by Crippen LogP contribution is 2.31. The Labute approximate surface area is 121 Å². The Morgan fingerprint density at radius 3 is 2.33 bits per heavy atom. The van der Waals surface area contributed by atoms with E-state index in [9.17, 15) is 17.6 Å². The zero-order chi connectivity index (χ0) is 15.1. The largest absolute Gasteiger partial charge is 0.441 e. The molecular weight excluding hydrogens is 299 g/mol. The fourth-order valence-corrected chi connectivity index (χ4v) is 4.11. The maximum atomic E-state index is 12.9. The maximum absolute atomic E-state index is 12.9. The first kappa shape index (κ1) is 14.3. The average Bonchev–Trinajstić information content (AvgIpc) is 2.81. The molecule has 1 amide bonds. The summed E-state index contributed by atoms with van der Waals surface area (Å²) in [6.45, 7) is 0.958. The van der Waals surface area contributed by atoms with Crippen LogP contribution in [0.2, 0.25) is 0 Å². The van der Waals surface area contributed by atoms with Crippen LogP contribution in [-0.4, -0.2) is 44.1 Å². The lowest BCUT2D eigenvalue weighted by Crippen LogP contribution is -2.48. The molecule has 2 aliphatic rings. The van der Waals surface area contributed by atoms with Crippen LogP contribution in [0, 0.1) is 5.82 Å². The standard InChI is InChI=1S/C13H15FN2O4S/c14-10-1-3-11(4-2-10)21(18,19)16-7-5-13(6-8-16)9-15-12(17)20-13/h1-4H,5-9H2,(H,15,17). The van der Waals surface area contributed by atoms with E-state index in [-0.39, 0.29) is 18.0 Å². The van der Waals surface area contributed by atoms with Crippen molar-refractivity contribution < 1.29 is 22.3 Å². The molecule has 0 saturated carbocycles. The third kappa shape index (κ3) is 2.60. The van der Waals surface area contributed by atoms with Crippen LogP contribution >= 0.6 is 0 Å². The minimum Gasteiger partial charge on any atom is -0.441 e. The van der Waals surface area contributed by atoms with E-state index in [1.165, 1.54) is 16.4 Å². The molecule has 114 valence electrons. The van der Waals surface area contributed by atoms with Crippen LogP contribution in [0.25, 0.3) is 0 Å².